The third-order valence-corrected chi connectivity index (χ3v) is 8.91. The van der Waals surface area contributed by atoms with E-state index in [1.165, 1.54) is 0 Å². The van der Waals surface area contributed by atoms with Crippen LogP contribution in [0.25, 0.3) is 22.4 Å². The molecule has 2 unspecified atom stereocenters. The van der Waals surface area contributed by atoms with Gasteiger partial charge in [0.15, 0.2) is 0 Å². The smallest absolute Gasteiger partial charge is 0.316 e. The lowest BCUT2D eigenvalue weighted by Crippen LogP contribution is -2.31. The first-order valence-electron chi connectivity index (χ1n) is 14.0. The molecular weight excluding hydrogens is 581 g/mol. The van der Waals surface area contributed by atoms with Gasteiger partial charge in [-0.1, -0.05) is 73.6 Å². The van der Waals surface area contributed by atoms with Crippen LogP contribution in [-0.4, -0.2) is 52.2 Å². The van der Waals surface area contributed by atoms with E-state index < -0.39 is 22.9 Å². The van der Waals surface area contributed by atoms with E-state index in [1.54, 1.807) is 7.11 Å². The zero-order valence-electron chi connectivity index (χ0n) is 24.2. The van der Waals surface area contributed by atoms with Crippen LogP contribution in [0.3, 0.4) is 0 Å². The molecule has 3 aromatic carbocycles. The first-order chi connectivity index (χ1) is 21.0. The zero-order chi connectivity index (χ0) is 30.4. The Balaban J connectivity index is 1.55. The summed E-state index contributed by atoms with van der Waals surface area (Å²) in [5, 5.41) is 10.6. The summed E-state index contributed by atoms with van der Waals surface area (Å²) >= 11 is 1.14. The molecule has 0 aliphatic carbocycles. The molecule has 0 aliphatic rings. The van der Waals surface area contributed by atoms with Crippen LogP contribution in [0.5, 0.6) is 11.5 Å². The molecule has 7 nitrogen and oxygen atoms in total. The lowest BCUT2D eigenvalue weighted by atomic mass is 9.99. The number of esters is 1. The van der Waals surface area contributed by atoms with E-state index in [9.17, 15) is 14.3 Å². The Bertz CT molecular complexity index is 1540. The predicted octanol–water partition coefficient (Wildman–Crippen LogP) is 6.93. The molecule has 0 fully saturated rings. The van der Waals surface area contributed by atoms with Crippen LogP contribution < -0.4 is 9.47 Å². The first-order valence-corrected chi connectivity index (χ1v) is 16.5. The summed E-state index contributed by atoms with van der Waals surface area (Å²) in [7, 11) is 0.460. The highest BCUT2D eigenvalue weighted by Gasteiger charge is 2.21. The quantitative estimate of drug-likeness (QED) is 0.105. The normalized spacial score (nSPS) is 12.1. The maximum absolute atomic E-state index is 13.1. The minimum absolute atomic E-state index is 0.0780. The van der Waals surface area contributed by atoms with E-state index in [2.05, 4.69) is 6.07 Å². The van der Waals surface area contributed by atoms with Crippen molar-refractivity contribution in [1.29, 1.82) is 5.26 Å². The second kappa shape index (κ2) is 16.5. The number of thioether (sulfide) groups is 1. The van der Waals surface area contributed by atoms with Gasteiger partial charge in [-0.3, -0.25) is 9.00 Å². The number of hydrogen-bond donors (Lipinski definition) is 0. The van der Waals surface area contributed by atoms with Crippen LogP contribution >= 0.6 is 11.8 Å². The molecule has 222 valence electrons. The number of unbranched alkanes of at least 4 members (excludes halogenated alkanes) is 1. The fraction of sp³-hybridized carbons (Fsp3) is 0.265. The molecule has 4 rings (SSSR count). The zero-order valence-corrected chi connectivity index (χ0v) is 25.9. The number of hydrogen-bond acceptors (Lipinski definition) is 8. The number of benzene rings is 3. The summed E-state index contributed by atoms with van der Waals surface area (Å²) in [6, 6.07) is 30.5. The number of aromatic nitrogens is 1. The molecule has 0 N–H and O–H groups in total. The fourth-order valence-corrected chi connectivity index (χ4v) is 6.40. The van der Waals surface area contributed by atoms with Crippen LogP contribution in [0.1, 0.15) is 25.3 Å². The molecule has 0 spiro atoms. The molecule has 1 aromatic heterocycles. The molecule has 0 saturated carbocycles. The number of methoxy groups -OCH3 is 1. The molecule has 0 saturated heterocycles. The van der Waals surface area contributed by atoms with Gasteiger partial charge in [0.05, 0.1) is 29.9 Å². The predicted molar refractivity (Wildman–Crippen MR) is 172 cm³/mol. The number of para-hydroxylation sites is 1. The summed E-state index contributed by atoms with van der Waals surface area (Å²) in [5.41, 5.74) is 3.48. The van der Waals surface area contributed by atoms with Gasteiger partial charge in [0.1, 0.15) is 35.3 Å². The molecular formula is C34H34N2O5S2. The SMILES string of the molecule is CCCCS(=O)CC(COc1ccccc1)OC(=O)CSc1nc(-c2ccc(OC)cc2)cc(-c2ccccc2)c1C#N. The number of pyridine rings is 1. The third kappa shape index (κ3) is 9.43. The van der Waals surface area contributed by atoms with E-state index in [0.29, 0.717) is 27.8 Å². The Morgan fingerprint density at radius 3 is 2.33 bits per heavy atom. The van der Waals surface area contributed by atoms with E-state index in [0.717, 1.165) is 47.0 Å². The van der Waals surface area contributed by atoms with Crippen molar-refractivity contribution in [2.45, 2.75) is 30.9 Å². The van der Waals surface area contributed by atoms with Crippen LogP contribution in [0.15, 0.2) is 96.0 Å². The molecule has 4 aromatic rings. The van der Waals surface area contributed by atoms with Crippen molar-refractivity contribution in [1.82, 2.24) is 4.98 Å². The second-order valence-corrected chi connectivity index (χ2v) is 12.2. The monoisotopic (exact) mass is 614 g/mol. The van der Waals surface area contributed by atoms with E-state index in [4.69, 9.17) is 19.2 Å². The molecule has 0 bridgehead atoms. The maximum Gasteiger partial charge on any atom is 0.316 e. The molecule has 0 radical (unpaired) electrons. The van der Waals surface area contributed by atoms with Gasteiger partial charge in [-0.25, -0.2) is 4.98 Å². The molecule has 43 heavy (non-hydrogen) atoms. The maximum atomic E-state index is 13.1. The fourth-order valence-electron chi connectivity index (χ4n) is 4.25. The van der Waals surface area contributed by atoms with Crippen LogP contribution in [-0.2, 0) is 20.3 Å². The molecule has 9 heteroatoms. The minimum atomic E-state index is -1.15. The van der Waals surface area contributed by atoms with Gasteiger partial charge in [0.2, 0.25) is 0 Å². The topological polar surface area (TPSA) is 98.5 Å². The summed E-state index contributed by atoms with van der Waals surface area (Å²) in [4.78, 5) is 17.9. The Kier molecular flexibility index (Phi) is 12.2. The van der Waals surface area contributed by atoms with Gasteiger partial charge in [0, 0.05) is 27.7 Å². The van der Waals surface area contributed by atoms with Crippen LogP contribution in [0, 0.1) is 11.3 Å². The highest BCUT2D eigenvalue weighted by molar-refractivity contribution is 8.00. The Hall–Kier alpha value is -4.13. The van der Waals surface area contributed by atoms with E-state index in [1.807, 2.05) is 97.9 Å². The lowest BCUT2D eigenvalue weighted by molar-refractivity contribution is -0.146. The number of nitriles is 1. The average Bonchev–Trinajstić information content (AvgIpc) is 3.05. The van der Waals surface area contributed by atoms with Gasteiger partial charge in [-0.2, -0.15) is 5.26 Å². The number of carbonyl (C=O) groups is 1. The summed E-state index contributed by atoms with van der Waals surface area (Å²) in [6.07, 6.45) is 1.08. The van der Waals surface area contributed by atoms with Crippen molar-refractivity contribution in [3.8, 4) is 40.0 Å². The standard InChI is InChI=1S/C34H34N2O5S2/c1-3-4-19-43(38)24-29(22-40-28-13-9-6-10-14-28)41-33(37)23-42-34-31(21-35)30(25-11-7-5-8-12-25)20-32(36-34)26-15-17-27(39-2)18-16-26/h5-18,20,29H,3-4,19,22-24H2,1-2H3. The van der Waals surface area contributed by atoms with E-state index in [-0.39, 0.29) is 18.1 Å². The number of nitrogens with zero attached hydrogens (tertiary/aromatic N) is 2. The lowest BCUT2D eigenvalue weighted by Gasteiger charge is -2.19. The molecule has 1 heterocycles. The van der Waals surface area contributed by atoms with Crippen molar-refractivity contribution < 1.29 is 23.2 Å². The van der Waals surface area contributed by atoms with Gasteiger partial charge in [0.25, 0.3) is 0 Å². The van der Waals surface area contributed by atoms with Crippen molar-refractivity contribution in [2.24, 2.45) is 0 Å². The first kappa shape index (κ1) is 31.8. The van der Waals surface area contributed by atoms with E-state index >= 15 is 0 Å². The second-order valence-electron chi connectivity index (χ2n) is 9.63. The summed E-state index contributed by atoms with van der Waals surface area (Å²) in [5.74, 6) is 1.52. The molecule has 0 aliphatic heterocycles. The average molecular weight is 615 g/mol. The van der Waals surface area contributed by atoms with Crippen molar-refractivity contribution in [3.63, 3.8) is 0 Å². The van der Waals surface area contributed by atoms with Gasteiger partial charge >= 0.3 is 5.97 Å². The largest absolute Gasteiger partial charge is 0.497 e. The Labute approximate surface area is 259 Å². The van der Waals surface area contributed by atoms with Gasteiger partial charge in [-0.05, 0) is 54.4 Å². The van der Waals surface area contributed by atoms with Gasteiger partial charge in [-0.15, -0.1) is 0 Å². The number of rotatable bonds is 15. The Morgan fingerprint density at radius 2 is 1.67 bits per heavy atom. The Morgan fingerprint density at radius 1 is 0.977 bits per heavy atom. The molecule has 0 amide bonds. The third-order valence-electron chi connectivity index (χ3n) is 6.47. The summed E-state index contributed by atoms with van der Waals surface area (Å²) < 4.78 is 29.6. The minimum Gasteiger partial charge on any atom is -0.497 e. The summed E-state index contributed by atoms with van der Waals surface area (Å²) in [6.45, 7) is 2.13. The van der Waals surface area contributed by atoms with Crippen LogP contribution in [0.4, 0.5) is 0 Å². The van der Waals surface area contributed by atoms with Crippen molar-refractivity contribution in [2.75, 3.05) is 31.0 Å². The highest BCUT2D eigenvalue weighted by atomic mass is 32.2. The number of ether oxygens (including phenoxy) is 3. The highest BCUT2D eigenvalue weighted by Crippen LogP contribution is 2.34. The number of carbonyl (C=O) groups excluding carboxylic acids is 1. The molecule has 2 atom stereocenters. The van der Waals surface area contributed by atoms with Crippen LogP contribution in [0.2, 0.25) is 0 Å². The van der Waals surface area contributed by atoms with Crippen molar-refractivity contribution >= 4 is 28.5 Å². The van der Waals surface area contributed by atoms with Gasteiger partial charge < -0.3 is 14.2 Å². The van der Waals surface area contributed by atoms with Crippen molar-refractivity contribution in [3.05, 3.63) is 96.6 Å².